The average Bonchev–Trinajstić information content (AvgIpc) is 2.72. The SMILES string of the molecule is C=C(CC1(C)CCCCCCCCCC1)NC1CCCCCCCCCC1. The molecule has 2 aliphatic carbocycles. The van der Waals surface area contributed by atoms with E-state index < -0.39 is 0 Å². The molecule has 2 saturated carbocycles. The fraction of sp³-hybridized carbons (Fsp3) is 0.923. The molecule has 0 unspecified atom stereocenters. The van der Waals surface area contributed by atoms with Crippen LogP contribution in [0.15, 0.2) is 12.3 Å². The Kier molecular flexibility index (Phi) is 11.6. The van der Waals surface area contributed by atoms with Crippen LogP contribution in [0.3, 0.4) is 0 Å². The highest BCUT2D eigenvalue weighted by Crippen LogP contribution is 2.37. The Morgan fingerprint density at radius 2 is 1.04 bits per heavy atom. The van der Waals surface area contributed by atoms with Crippen LogP contribution < -0.4 is 5.32 Å². The monoisotopic (exact) mass is 375 g/mol. The van der Waals surface area contributed by atoms with Crippen LogP contribution in [0, 0.1) is 5.41 Å². The van der Waals surface area contributed by atoms with Gasteiger partial charge in [0, 0.05) is 11.7 Å². The van der Waals surface area contributed by atoms with Crippen molar-refractivity contribution in [2.45, 2.75) is 148 Å². The van der Waals surface area contributed by atoms with Gasteiger partial charge < -0.3 is 5.32 Å². The molecule has 0 aromatic rings. The fourth-order valence-electron chi connectivity index (χ4n) is 5.45. The molecule has 0 radical (unpaired) electrons. The number of hydrogen-bond donors (Lipinski definition) is 1. The van der Waals surface area contributed by atoms with Crippen molar-refractivity contribution in [2.24, 2.45) is 5.41 Å². The highest BCUT2D eigenvalue weighted by atomic mass is 14.9. The third-order valence-corrected chi connectivity index (χ3v) is 7.21. The quantitative estimate of drug-likeness (QED) is 0.518. The van der Waals surface area contributed by atoms with Gasteiger partial charge in [-0.1, -0.05) is 116 Å². The van der Waals surface area contributed by atoms with E-state index >= 15 is 0 Å². The fourth-order valence-corrected chi connectivity index (χ4v) is 5.45. The minimum Gasteiger partial charge on any atom is -0.386 e. The van der Waals surface area contributed by atoms with E-state index in [-0.39, 0.29) is 0 Å². The van der Waals surface area contributed by atoms with Crippen molar-refractivity contribution < 1.29 is 0 Å². The smallest absolute Gasteiger partial charge is 0.0258 e. The Morgan fingerprint density at radius 1 is 0.667 bits per heavy atom. The van der Waals surface area contributed by atoms with E-state index in [9.17, 15) is 0 Å². The zero-order valence-corrected chi connectivity index (χ0v) is 18.6. The van der Waals surface area contributed by atoms with Crippen molar-refractivity contribution in [3.05, 3.63) is 12.3 Å². The zero-order chi connectivity index (χ0) is 19.2. The summed E-state index contributed by atoms with van der Waals surface area (Å²) in [4.78, 5) is 0. The Labute approximate surface area is 171 Å². The molecule has 0 saturated heterocycles. The molecule has 0 aliphatic heterocycles. The van der Waals surface area contributed by atoms with Gasteiger partial charge in [0.2, 0.25) is 0 Å². The molecule has 1 nitrogen and oxygen atoms in total. The van der Waals surface area contributed by atoms with Crippen LogP contribution in [0.5, 0.6) is 0 Å². The second-order valence-corrected chi connectivity index (χ2v) is 10.2. The molecule has 0 aromatic carbocycles. The van der Waals surface area contributed by atoms with Crippen molar-refractivity contribution in [2.75, 3.05) is 0 Å². The molecule has 0 bridgehead atoms. The van der Waals surface area contributed by atoms with Crippen molar-refractivity contribution >= 4 is 0 Å². The first-order valence-electron chi connectivity index (χ1n) is 12.6. The van der Waals surface area contributed by atoms with Crippen LogP contribution >= 0.6 is 0 Å². The third-order valence-electron chi connectivity index (χ3n) is 7.21. The molecule has 2 rings (SSSR count). The molecule has 1 heteroatoms. The number of allylic oxidation sites excluding steroid dienone is 1. The minimum absolute atomic E-state index is 0.474. The normalized spacial score (nSPS) is 24.9. The Bertz CT molecular complexity index is 362. The second-order valence-electron chi connectivity index (χ2n) is 10.2. The van der Waals surface area contributed by atoms with Crippen molar-refractivity contribution in [1.82, 2.24) is 5.32 Å². The third kappa shape index (κ3) is 10.6. The van der Waals surface area contributed by atoms with Gasteiger partial charge in [-0.2, -0.15) is 0 Å². The van der Waals surface area contributed by atoms with E-state index in [2.05, 4.69) is 18.8 Å². The summed E-state index contributed by atoms with van der Waals surface area (Å²) in [5.41, 5.74) is 1.81. The first-order chi connectivity index (χ1) is 13.2. The van der Waals surface area contributed by atoms with Crippen molar-refractivity contribution in [1.29, 1.82) is 0 Å². The van der Waals surface area contributed by atoms with Crippen LogP contribution in [-0.2, 0) is 0 Å². The van der Waals surface area contributed by atoms with Gasteiger partial charge in [0.15, 0.2) is 0 Å². The van der Waals surface area contributed by atoms with E-state index in [4.69, 9.17) is 0 Å². The van der Waals surface area contributed by atoms with Gasteiger partial charge in [-0.25, -0.2) is 0 Å². The van der Waals surface area contributed by atoms with Gasteiger partial charge in [0.1, 0.15) is 0 Å². The summed E-state index contributed by atoms with van der Waals surface area (Å²) < 4.78 is 0. The summed E-state index contributed by atoms with van der Waals surface area (Å²) in [6.07, 6.45) is 29.8. The minimum atomic E-state index is 0.474. The zero-order valence-electron chi connectivity index (χ0n) is 18.6. The van der Waals surface area contributed by atoms with E-state index in [0.29, 0.717) is 11.5 Å². The molecular weight excluding hydrogens is 326 g/mol. The highest BCUT2D eigenvalue weighted by molar-refractivity contribution is 4.99. The summed E-state index contributed by atoms with van der Waals surface area (Å²) in [7, 11) is 0. The van der Waals surface area contributed by atoms with Crippen molar-refractivity contribution in [3.8, 4) is 0 Å². The number of rotatable bonds is 4. The van der Waals surface area contributed by atoms with Crippen LogP contribution in [0.1, 0.15) is 142 Å². The van der Waals surface area contributed by atoms with E-state index in [0.717, 1.165) is 0 Å². The second kappa shape index (κ2) is 13.7. The van der Waals surface area contributed by atoms with Gasteiger partial charge in [0.25, 0.3) is 0 Å². The summed E-state index contributed by atoms with van der Waals surface area (Å²) >= 11 is 0. The lowest BCUT2D eigenvalue weighted by Gasteiger charge is -2.32. The van der Waals surface area contributed by atoms with E-state index in [1.165, 1.54) is 141 Å². The molecule has 0 atom stereocenters. The van der Waals surface area contributed by atoms with Crippen LogP contribution in [0.25, 0.3) is 0 Å². The Morgan fingerprint density at radius 3 is 1.48 bits per heavy atom. The van der Waals surface area contributed by atoms with Crippen molar-refractivity contribution in [3.63, 3.8) is 0 Å². The molecule has 27 heavy (non-hydrogen) atoms. The molecule has 0 amide bonds. The predicted octanol–water partition coefficient (Wildman–Crippen LogP) is 8.68. The maximum absolute atomic E-state index is 4.51. The molecule has 2 aliphatic rings. The average molecular weight is 376 g/mol. The van der Waals surface area contributed by atoms with Gasteiger partial charge in [-0.3, -0.25) is 0 Å². The molecule has 0 spiro atoms. The number of hydrogen-bond acceptors (Lipinski definition) is 1. The van der Waals surface area contributed by atoms with Gasteiger partial charge in [-0.05, 0) is 37.5 Å². The molecular formula is C26H49N. The standard InChI is InChI=1S/C26H49N/c1-24(27-25-19-15-11-7-3-4-8-12-16-20-25)23-26(2)21-17-13-9-5-6-10-14-18-22-26/h25,27H,1,3-23H2,2H3. The van der Waals surface area contributed by atoms with Gasteiger partial charge >= 0.3 is 0 Å². The van der Waals surface area contributed by atoms with E-state index in [1.54, 1.807) is 0 Å². The topological polar surface area (TPSA) is 12.0 Å². The number of nitrogens with one attached hydrogen (secondary N) is 1. The summed E-state index contributed by atoms with van der Waals surface area (Å²) in [6, 6.07) is 0.682. The first-order valence-corrected chi connectivity index (χ1v) is 12.6. The molecule has 1 N–H and O–H groups in total. The molecule has 0 heterocycles. The van der Waals surface area contributed by atoms with Crippen LogP contribution in [0.4, 0.5) is 0 Å². The lowest BCUT2D eigenvalue weighted by atomic mass is 9.76. The predicted molar refractivity (Wildman–Crippen MR) is 121 cm³/mol. The van der Waals surface area contributed by atoms with E-state index in [1.807, 2.05) is 0 Å². The first kappa shape index (κ1) is 22.8. The lowest BCUT2D eigenvalue weighted by molar-refractivity contribution is 0.243. The summed E-state index contributed by atoms with van der Waals surface area (Å²) in [5, 5.41) is 3.91. The van der Waals surface area contributed by atoms with Gasteiger partial charge in [-0.15, -0.1) is 0 Å². The largest absolute Gasteiger partial charge is 0.386 e. The maximum atomic E-state index is 4.51. The lowest BCUT2D eigenvalue weighted by Crippen LogP contribution is -2.31. The molecule has 0 aromatic heterocycles. The molecule has 2 fully saturated rings. The summed E-state index contributed by atoms with van der Waals surface area (Å²) in [6.45, 7) is 7.06. The maximum Gasteiger partial charge on any atom is 0.0258 e. The Balaban J connectivity index is 1.81. The van der Waals surface area contributed by atoms with Crippen LogP contribution in [-0.4, -0.2) is 6.04 Å². The highest BCUT2D eigenvalue weighted by Gasteiger charge is 2.25. The molecule has 158 valence electrons. The summed E-state index contributed by atoms with van der Waals surface area (Å²) in [5.74, 6) is 0. The van der Waals surface area contributed by atoms with Gasteiger partial charge in [0.05, 0.1) is 0 Å². The Hall–Kier alpha value is -0.460. The van der Waals surface area contributed by atoms with Crippen LogP contribution in [0.2, 0.25) is 0 Å².